The van der Waals surface area contributed by atoms with Gasteiger partial charge < -0.3 is 5.32 Å². The van der Waals surface area contributed by atoms with Crippen molar-refractivity contribution < 1.29 is 13.2 Å². The predicted octanol–water partition coefficient (Wildman–Crippen LogP) is 2.37. The third-order valence-corrected chi connectivity index (χ3v) is 5.28. The zero-order valence-electron chi connectivity index (χ0n) is 15.1. The Balaban J connectivity index is 1.76. The second-order valence-corrected chi connectivity index (χ2v) is 8.18. The van der Waals surface area contributed by atoms with Gasteiger partial charge in [-0.1, -0.05) is 23.7 Å². The maximum atomic E-state index is 12.5. The lowest BCUT2D eigenvalue weighted by Gasteiger charge is -2.13. The number of aryl methyl sites for hydroxylation is 1. The fourth-order valence-electron chi connectivity index (χ4n) is 2.60. The average molecular weight is 420 g/mol. The van der Waals surface area contributed by atoms with Gasteiger partial charge in [-0.15, -0.1) is 5.10 Å². The molecule has 0 fully saturated rings. The highest BCUT2D eigenvalue weighted by Crippen LogP contribution is 2.17. The fraction of sp³-hybridized carbons (Fsp3) is 0.167. The summed E-state index contributed by atoms with van der Waals surface area (Å²) in [4.78, 5) is 16.7. The minimum Gasteiger partial charge on any atom is -0.343 e. The van der Waals surface area contributed by atoms with Gasteiger partial charge in [0, 0.05) is 5.02 Å². The molecule has 0 bridgehead atoms. The minimum absolute atomic E-state index is 0.00813. The van der Waals surface area contributed by atoms with Gasteiger partial charge in [-0.2, -0.15) is 0 Å². The first kappa shape index (κ1) is 20.0. The molecule has 8 nitrogen and oxygen atoms in total. The summed E-state index contributed by atoms with van der Waals surface area (Å²) in [5.41, 5.74) is 1.45. The van der Waals surface area contributed by atoms with E-state index in [1.165, 1.54) is 12.1 Å². The number of hydrogen-bond acceptors (Lipinski definition) is 5. The number of primary sulfonamides is 1. The summed E-state index contributed by atoms with van der Waals surface area (Å²) in [5, 5.41) is 12.7. The molecule has 1 aromatic heterocycles. The van der Waals surface area contributed by atoms with Crippen molar-refractivity contribution >= 4 is 27.5 Å². The number of halogens is 1. The van der Waals surface area contributed by atoms with Gasteiger partial charge in [0.1, 0.15) is 5.82 Å². The summed E-state index contributed by atoms with van der Waals surface area (Å²) in [6.45, 7) is 3.51. The molecule has 0 spiro atoms. The smallest absolute Gasteiger partial charge is 0.291 e. The molecule has 3 aromatic rings. The molecule has 0 saturated heterocycles. The normalized spacial score (nSPS) is 12.6. The van der Waals surface area contributed by atoms with E-state index in [0.29, 0.717) is 10.8 Å². The van der Waals surface area contributed by atoms with Crippen molar-refractivity contribution in [2.45, 2.75) is 24.8 Å². The topological polar surface area (TPSA) is 120 Å². The van der Waals surface area contributed by atoms with Gasteiger partial charge in [0.05, 0.1) is 16.6 Å². The first-order valence-electron chi connectivity index (χ1n) is 8.28. The molecule has 1 atom stereocenters. The van der Waals surface area contributed by atoms with Crippen LogP contribution in [0, 0.1) is 6.92 Å². The highest BCUT2D eigenvalue weighted by molar-refractivity contribution is 7.89. The van der Waals surface area contributed by atoms with Gasteiger partial charge in [0.25, 0.3) is 5.91 Å². The van der Waals surface area contributed by atoms with Gasteiger partial charge in [-0.05, 0) is 55.8 Å². The number of carbonyl (C=O) groups excluding carboxylic acids is 1. The first-order valence-corrected chi connectivity index (χ1v) is 10.2. The molecular weight excluding hydrogens is 402 g/mol. The Bertz CT molecular complexity index is 1110. The van der Waals surface area contributed by atoms with Crippen molar-refractivity contribution in [3.63, 3.8) is 0 Å². The van der Waals surface area contributed by atoms with Gasteiger partial charge >= 0.3 is 0 Å². The Morgan fingerprint density at radius 1 is 1.14 bits per heavy atom. The third kappa shape index (κ3) is 4.38. The zero-order chi connectivity index (χ0) is 20.5. The van der Waals surface area contributed by atoms with Gasteiger partial charge in [0.15, 0.2) is 0 Å². The van der Waals surface area contributed by atoms with Crippen LogP contribution in [0.25, 0.3) is 5.69 Å². The summed E-state index contributed by atoms with van der Waals surface area (Å²) in [6.07, 6.45) is 0. The van der Waals surface area contributed by atoms with E-state index in [4.69, 9.17) is 16.7 Å². The van der Waals surface area contributed by atoms with Crippen LogP contribution in [-0.4, -0.2) is 29.1 Å². The van der Waals surface area contributed by atoms with Crippen LogP contribution in [0.5, 0.6) is 0 Å². The number of amides is 1. The van der Waals surface area contributed by atoms with E-state index in [2.05, 4.69) is 15.4 Å². The van der Waals surface area contributed by atoms with Gasteiger partial charge in [-0.25, -0.2) is 23.2 Å². The van der Waals surface area contributed by atoms with E-state index >= 15 is 0 Å². The molecule has 0 aliphatic heterocycles. The molecule has 0 aliphatic carbocycles. The monoisotopic (exact) mass is 419 g/mol. The van der Waals surface area contributed by atoms with E-state index in [-0.39, 0.29) is 16.8 Å². The van der Waals surface area contributed by atoms with Crippen LogP contribution in [0.15, 0.2) is 53.4 Å². The van der Waals surface area contributed by atoms with Crippen LogP contribution < -0.4 is 10.5 Å². The van der Waals surface area contributed by atoms with E-state index < -0.39 is 15.9 Å². The van der Waals surface area contributed by atoms with Crippen molar-refractivity contribution in [1.82, 2.24) is 20.1 Å². The van der Waals surface area contributed by atoms with Crippen LogP contribution in [0.3, 0.4) is 0 Å². The lowest BCUT2D eigenvalue weighted by Crippen LogP contribution is -2.27. The molecule has 1 amide bonds. The Morgan fingerprint density at radius 2 is 1.75 bits per heavy atom. The van der Waals surface area contributed by atoms with Crippen LogP contribution >= 0.6 is 11.6 Å². The summed E-state index contributed by atoms with van der Waals surface area (Å²) >= 11 is 5.90. The maximum absolute atomic E-state index is 12.5. The molecule has 1 heterocycles. The molecule has 146 valence electrons. The number of nitrogens with zero attached hydrogens (tertiary/aromatic N) is 3. The molecule has 2 aromatic carbocycles. The fourth-order valence-corrected chi connectivity index (χ4v) is 3.25. The van der Waals surface area contributed by atoms with Crippen molar-refractivity contribution in [3.05, 3.63) is 70.8 Å². The van der Waals surface area contributed by atoms with E-state index in [9.17, 15) is 13.2 Å². The van der Waals surface area contributed by atoms with Crippen LogP contribution in [0.2, 0.25) is 5.02 Å². The molecule has 10 heteroatoms. The van der Waals surface area contributed by atoms with Gasteiger partial charge in [0.2, 0.25) is 15.8 Å². The Hall–Kier alpha value is -2.75. The lowest BCUT2D eigenvalue weighted by molar-refractivity contribution is 0.0929. The van der Waals surface area contributed by atoms with Crippen LogP contribution in [0.4, 0.5) is 0 Å². The molecule has 0 unspecified atom stereocenters. The van der Waals surface area contributed by atoms with Crippen LogP contribution in [-0.2, 0) is 10.0 Å². The van der Waals surface area contributed by atoms with Crippen molar-refractivity contribution in [1.29, 1.82) is 0 Å². The number of sulfonamides is 1. The van der Waals surface area contributed by atoms with E-state index in [0.717, 1.165) is 11.3 Å². The quantitative estimate of drug-likeness (QED) is 0.657. The summed E-state index contributed by atoms with van der Waals surface area (Å²) < 4.78 is 24.2. The number of hydrogen-bond donors (Lipinski definition) is 2. The lowest BCUT2D eigenvalue weighted by atomic mass is 10.1. The van der Waals surface area contributed by atoms with Crippen molar-refractivity contribution in [3.8, 4) is 5.69 Å². The highest BCUT2D eigenvalue weighted by Gasteiger charge is 2.18. The molecule has 3 N–H and O–H groups in total. The Morgan fingerprint density at radius 3 is 2.32 bits per heavy atom. The number of benzene rings is 2. The zero-order valence-corrected chi connectivity index (χ0v) is 16.7. The Labute approximate surface area is 167 Å². The largest absolute Gasteiger partial charge is 0.343 e. The number of nitrogens with one attached hydrogen (secondary N) is 1. The molecular formula is C18H18ClN5O3S. The number of rotatable bonds is 5. The SMILES string of the molecule is Cc1nc(C(=O)N[C@@H](C)c2ccc(S(N)(=O)=O)cc2)nn1-c1ccc(Cl)cc1. The summed E-state index contributed by atoms with van der Waals surface area (Å²) in [6, 6.07) is 12.6. The van der Waals surface area contributed by atoms with Crippen molar-refractivity contribution in [2.24, 2.45) is 5.14 Å². The van der Waals surface area contributed by atoms with Gasteiger partial charge in [-0.3, -0.25) is 4.79 Å². The summed E-state index contributed by atoms with van der Waals surface area (Å²) in [7, 11) is -3.76. The second-order valence-electron chi connectivity index (χ2n) is 6.18. The predicted molar refractivity (Wildman–Crippen MR) is 105 cm³/mol. The number of nitrogens with two attached hydrogens (primary N) is 1. The van der Waals surface area contributed by atoms with E-state index in [1.807, 2.05) is 0 Å². The first-order chi connectivity index (χ1) is 13.1. The highest BCUT2D eigenvalue weighted by atomic mass is 35.5. The minimum atomic E-state index is -3.76. The molecule has 3 rings (SSSR count). The van der Waals surface area contributed by atoms with Crippen molar-refractivity contribution in [2.75, 3.05) is 0 Å². The summed E-state index contributed by atoms with van der Waals surface area (Å²) in [5.74, 6) is 0.136. The third-order valence-electron chi connectivity index (χ3n) is 4.10. The molecule has 0 aliphatic rings. The van der Waals surface area contributed by atoms with Crippen LogP contribution in [0.1, 0.15) is 35.0 Å². The second kappa shape index (κ2) is 7.70. The maximum Gasteiger partial charge on any atom is 0.291 e. The van der Waals surface area contributed by atoms with E-state index in [1.54, 1.807) is 54.9 Å². The molecule has 0 radical (unpaired) electrons. The molecule has 0 saturated carbocycles. The molecule has 28 heavy (non-hydrogen) atoms. The number of aromatic nitrogens is 3. The average Bonchev–Trinajstić information content (AvgIpc) is 3.03. The number of carbonyl (C=O) groups is 1. The standard InChI is InChI=1S/C18H18ClN5O3S/c1-11(13-3-9-16(10-4-13)28(20,26)27)21-18(25)17-22-12(2)24(23-17)15-7-5-14(19)6-8-15/h3-11H,1-2H3,(H,21,25)(H2,20,26,27)/t11-/m0/s1. The Kier molecular flexibility index (Phi) is 5.50.